The number of nitrogens with one attached hydrogen (secondary N) is 2. The van der Waals surface area contributed by atoms with Crippen molar-refractivity contribution in [3.8, 4) is 11.3 Å². The van der Waals surface area contributed by atoms with Crippen LogP contribution in [0.2, 0.25) is 0 Å². The summed E-state index contributed by atoms with van der Waals surface area (Å²) in [5.41, 5.74) is 3.56. The SMILES string of the molecule is c1ccc(-c2cc(Nc3nc(N4CCOCC4)c4oc(CN5CCCCC5)cc4n3)n[nH]2)cc1. The van der Waals surface area contributed by atoms with Gasteiger partial charge in [0.25, 0.3) is 0 Å². The van der Waals surface area contributed by atoms with Crippen LogP contribution in [0.25, 0.3) is 22.4 Å². The van der Waals surface area contributed by atoms with Crippen LogP contribution in [0, 0.1) is 0 Å². The summed E-state index contributed by atoms with van der Waals surface area (Å²) in [6.07, 6.45) is 3.82. The molecule has 34 heavy (non-hydrogen) atoms. The van der Waals surface area contributed by atoms with Gasteiger partial charge in [-0.25, -0.2) is 4.98 Å². The Morgan fingerprint density at radius 2 is 1.76 bits per heavy atom. The molecular weight excluding hydrogens is 430 g/mol. The van der Waals surface area contributed by atoms with E-state index < -0.39 is 0 Å². The Morgan fingerprint density at radius 1 is 0.941 bits per heavy atom. The first-order chi connectivity index (χ1) is 16.8. The maximum Gasteiger partial charge on any atom is 0.231 e. The summed E-state index contributed by atoms with van der Waals surface area (Å²) in [6.45, 7) is 5.94. The van der Waals surface area contributed by atoms with Gasteiger partial charge in [-0.3, -0.25) is 10.00 Å². The zero-order valence-electron chi connectivity index (χ0n) is 19.2. The van der Waals surface area contributed by atoms with Crippen LogP contribution in [0.5, 0.6) is 0 Å². The van der Waals surface area contributed by atoms with Crippen molar-refractivity contribution >= 4 is 28.7 Å². The fourth-order valence-electron chi connectivity index (χ4n) is 4.69. The van der Waals surface area contributed by atoms with E-state index >= 15 is 0 Å². The molecule has 5 heterocycles. The summed E-state index contributed by atoms with van der Waals surface area (Å²) >= 11 is 0. The molecule has 0 atom stereocenters. The van der Waals surface area contributed by atoms with Gasteiger partial charge in [-0.05, 0) is 31.5 Å². The number of ether oxygens (including phenoxy) is 1. The fourth-order valence-corrected chi connectivity index (χ4v) is 4.69. The van der Waals surface area contributed by atoms with E-state index in [1.54, 1.807) is 0 Å². The number of furan rings is 1. The standard InChI is InChI=1S/C25H29N7O2/c1-3-7-18(8-4-1)20-16-22(30-29-20)27-25-26-21-15-19(17-31-9-5-2-6-10-31)34-23(21)24(28-25)32-11-13-33-14-12-32/h1,3-4,7-8,15-16H,2,5-6,9-14,17H2,(H2,26,27,28,29,30). The molecular formula is C25H29N7O2. The van der Waals surface area contributed by atoms with Crippen molar-refractivity contribution in [2.24, 2.45) is 0 Å². The molecule has 4 aromatic rings. The second kappa shape index (κ2) is 9.44. The highest BCUT2D eigenvalue weighted by atomic mass is 16.5. The number of likely N-dealkylation sites (tertiary alicyclic amines) is 1. The van der Waals surface area contributed by atoms with Crippen LogP contribution < -0.4 is 10.2 Å². The van der Waals surface area contributed by atoms with Gasteiger partial charge in [0.05, 0.1) is 25.5 Å². The topological polar surface area (TPSA) is 95.3 Å². The lowest BCUT2D eigenvalue weighted by molar-refractivity contribution is 0.122. The Kier molecular flexibility index (Phi) is 5.86. The van der Waals surface area contributed by atoms with Crippen molar-refractivity contribution in [3.63, 3.8) is 0 Å². The molecule has 176 valence electrons. The number of piperidine rings is 1. The molecule has 2 aliphatic rings. The van der Waals surface area contributed by atoms with E-state index in [1.807, 2.05) is 36.4 Å². The van der Waals surface area contributed by atoms with Crippen molar-refractivity contribution in [1.29, 1.82) is 0 Å². The molecule has 2 N–H and O–H groups in total. The van der Waals surface area contributed by atoms with Crippen molar-refractivity contribution in [2.45, 2.75) is 25.8 Å². The molecule has 0 unspecified atom stereocenters. The van der Waals surface area contributed by atoms with E-state index in [9.17, 15) is 0 Å². The predicted octanol–water partition coefficient (Wildman–Crippen LogP) is 4.18. The van der Waals surface area contributed by atoms with Crippen LogP contribution in [0.4, 0.5) is 17.6 Å². The maximum absolute atomic E-state index is 6.32. The number of aromatic amines is 1. The predicted molar refractivity (Wildman–Crippen MR) is 131 cm³/mol. The van der Waals surface area contributed by atoms with Gasteiger partial charge in [0, 0.05) is 25.2 Å². The number of benzene rings is 1. The van der Waals surface area contributed by atoms with Gasteiger partial charge in [-0.1, -0.05) is 36.8 Å². The largest absolute Gasteiger partial charge is 0.454 e. The highest BCUT2D eigenvalue weighted by Crippen LogP contribution is 2.31. The molecule has 2 saturated heterocycles. The molecule has 0 bridgehead atoms. The summed E-state index contributed by atoms with van der Waals surface area (Å²) in [7, 11) is 0. The summed E-state index contributed by atoms with van der Waals surface area (Å²) < 4.78 is 11.9. The molecule has 2 fully saturated rings. The lowest BCUT2D eigenvalue weighted by atomic mass is 10.1. The molecule has 3 aromatic heterocycles. The molecule has 0 spiro atoms. The smallest absolute Gasteiger partial charge is 0.231 e. The number of nitrogens with zero attached hydrogens (tertiary/aromatic N) is 5. The van der Waals surface area contributed by atoms with Crippen LogP contribution in [-0.4, -0.2) is 64.5 Å². The quantitative estimate of drug-likeness (QED) is 0.443. The molecule has 0 aliphatic carbocycles. The molecule has 6 rings (SSSR count). The summed E-state index contributed by atoms with van der Waals surface area (Å²) in [6, 6.07) is 14.1. The van der Waals surface area contributed by atoms with Gasteiger partial charge in [0.15, 0.2) is 17.2 Å². The van der Waals surface area contributed by atoms with Gasteiger partial charge in [0.1, 0.15) is 11.3 Å². The normalized spacial score (nSPS) is 17.4. The van der Waals surface area contributed by atoms with Crippen LogP contribution in [0.3, 0.4) is 0 Å². The van der Waals surface area contributed by atoms with Crippen LogP contribution in [0.1, 0.15) is 25.0 Å². The van der Waals surface area contributed by atoms with Gasteiger partial charge in [0.2, 0.25) is 5.95 Å². The number of aromatic nitrogens is 4. The molecule has 1 aromatic carbocycles. The Hall–Kier alpha value is -3.43. The number of morpholine rings is 1. The lowest BCUT2D eigenvalue weighted by Gasteiger charge is -2.27. The van der Waals surface area contributed by atoms with E-state index in [0.717, 1.165) is 66.7 Å². The molecule has 9 nitrogen and oxygen atoms in total. The lowest BCUT2D eigenvalue weighted by Crippen LogP contribution is -2.37. The second-order valence-corrected chi connectivity index (χ2v) is 8.89. The van der Waals surface area contributed by atoms with Crippen molar-refractivity contribution < 1.29 is 9.15 Å². The molecule has 0 radical (unpaired) electrons. The van der Waals surface area contributed by atoms with E-state index in [4.69, 9.17) is 19.1 Å². The monoisotopic (exact) mass is 459 g/mol. The second-order valence-electron chi connectivity index (χ2n) is 8.89. The van der Waals surface area contributed by atoms with Crippen LogP contribution in [0.15, 0.2) is 46.9 Å². The van der Waals surface area contributed by atoms with Crippen molar-refractivity contribution in [3.05, 3.63) is 48.2 Å². The minimum atomic E-state index is 0.505. The van der Waals surface area contributed by atoms with E-state index in [0.29, 0.717) is 25.0 Å². The summed E-state index contributed by atoms with van der Waals surface area (Å²) in [4.78, 5) is 14.3. The minimum absolute atomic E-state index is 0.505. The van der Waals surface area contributed by atoms with Crippen LogP contribution in [-0.2, 0) is 11.3 Å². The molecule has 9 heteroatoms. The molecule has 0 saturated carbocycles. The number of H-pyrrole nitrogens is 1. The zero-order valence-corrected chi connectivity index (χ0v) is 19.2. The fraction of sp³-hybridized carbons (Fsp3) is 0.400. The number of fused-ring (bicyclic) bond motifs is 1. The number of anilines is 3. The first-order valence-corrected chi connectivity index (χ1v) is 12.1. The average molecular weight is 460 g/mol. The number of hydrogen-bond donors (Lipinski definition) is 2. The number of hydrogen-bond acceptors (Lipinski definition) is 8. The average Bonchev–Trinajstić information content (AvgIpc) is 3.52. The van der Waals surface area contributed by atoms with Crippen molar-refractivity contribution in [2.75, 3.05) is 49.6 Å². The summed E-state index contributed by atoms with van der Waals surface area (Å²) in [5.74, 6) is 2.91. The third-order valence-corrected chi connectivity index (χ3v) is 6.45. The minimum Gasteiger partial charge on any atom is -0.454 e. The third-order valence-electron chi connectivity index (χ3n) is 6.45. The van der Waals surface area contributed by atoms with E-state index in [1.165, 1.54) is 19.3 Å². The molecule has 0 amide bonds. The Morgan fingerprint density at radius 3 is 2.59 bits per heavy atom. The van der Waals surface area contributed by atoms with Crippen molar-refractivity contribution in [1.82, 2.24) is 25.1 Å². The Bertz CT molecular complexity index is 1240. The maximum atomic E-state index is 6.32. The third kappa shape index (κ3) is 4.49. The number of rotatable bonds is 6. The summed E-state index contributed by atoms with van der Waals surface area (Å²) in [5, 5.41) is 10.8. The highest BCUT2D eigenvalue weighted by molar-refractivity contribution is 5.86. The Labute approximate surface area is 198 Å². The first-order valence-electron chi connectivity index (χ1n) is 12.1. The highest BCUT2D eigenvalue weighted by Gasteiger charge is 2.22. The first kappa shape index (κ1) is 21.1. The molecule has 2 aliphatic heterocycles. The van der Waals surface area contributed by atoms with Gasteiger partial charge in [-0.15, -0.1) is 0 Å². The Balaban J connectivity index is 1.31. The van der Waals surface area contributed by atoms with Gasteiger partial charge in [-0.2, -0.15) is 10.1 Å². The van der Waals surface area contributed by atoms with E-state index in [-0.39, 0.29) is 0 Å². The van der Waals surface area contributed by atoms with E-state index in [2.05, 4.69) is 31.4 Å². The van der Waals surface area contributed by atoms with Gasteiger partial charge < -0.3 is 19.4 Å². The van der Waals surface area contributed by atoms with Crippen LogP contribution >= 0.6 is 0 Å². The van der Waals surface area contributed by atoms with Gasteiger partial charge >= 0.3 is 0 Å². The zero-order chi connectivity index (χ0) is 22.7.